The first-order chi connectivity index (χ1) is 13.7. The number of aromatic carboxylic acids is 1. The van der Waals surface area contributed by atoms with Crippen molar-refractivity contribution in [2.24, 2.45) is 0 Å². The van der Waals surface area contributed by atoms with Crippen LogP contribution in [0.2, 0.25) is 5.02 Å². The first-order valence-electron chi connectivity index (χ1n) is 9.27. The number of para-hydroxylation sites is 1. The molecule has 0 bridgehead atoms. The van der Waals surface area contributed by atoms with Crippen LogP contribution in [0.4, 0.5) is 0 Å². The predicted molar refractivity (Wildman–Crippen MR) is 119 cm³/mol. The zero-order chi connectivity index (χ0) is 22.0. The van der Waals surface area contributed by atoms with E-state index >= 15 is 0 Å². The van der Waals surface area contributed by atoms with Gasteiger partial charge in [-0.1, -0.05) is 29.8 Å². The number of rotatable bonds is 4. The standard InChI is InChI=1S/C11H13N3O2.C8H9Cl.C3H8O/c1-14(2)6-9-12-8-5-3-4-7(11(15)16)10(8)13-9;1-6-4-3-5-8(9)7(6)2;1-3-4-2/h3-5H,6H2,1-2H3,(H,12,13)(H,15,16);3-5H,1-2H3;3H2,1-2H3. The van der Waals surface area contributed by atoms with Gasteiger partial charge >= 0.3 is 5.97 Å². The molecule has 0 saturated carbocycles. The molecule has 7 heteroatoms. The molecule has 158 valence electrons. The fourth-order valence-corrected chi connectivity index (χ4v) is 2.57. The Morgan fingerprint density at radius 2 is 1.83 bits per heavy atom. The van der Waals surface area contributed by atoms with Gasteiger partial charge in [-0.15, -0.1) is 0 Å². The Hall–Kier alpha value is -2.41. The summed E-state index contributed by atoms with van der Waals surface area (Å²) in [6, 6.07) is 11.0. The zero-order valence-electron chi connectivity index (χ0n) is 17.9. The molecule has 0 fully saturated rings. The smallest absolute Gasteiger partial charge is 0.337 e. The minimum absolute atomic E-state index is 0.235. The number of aromatic nitrogens is 2. The largest absolute Gasteiger partial charge is 0.478 e. The zero-order valence-corrected chi connectivity index (χ0v) is 18.7. The summed E-state index contributed by atoms with van der Waals surface area (Å²) in [5.74, 6) is -0.179. The molecule has 3 aromatic rings. The van der Waals surface area contributed by atoms with Crippen LogP contribution in [0.5, 0.6) is 0 Å². The summed E-state index contributed by atoms with van der Waals surface area (Å²) < 4.78 is 4.54. The summed E-state index contributed by atoms with van der Waals surface area (Å²) in [5.41, 5.74) is 3.95. The molecule has 2 N–H and O–H groups in total. The lowest BCUT2D eigenvalue weighted by molar-refractivity contribution is 0.0699. The molecule has 0 atom stereocenters. The van der Waals surface area contributed by atoms with Gasteiger partial charge in [0.1, 0.15) is 11.3 Å². The maximum atomic E-state index is 11.0. The number of nitrogens with zero attached hydrogens (tertiary/aromatic N) is 2. The summed E-state index contributed by atoms with van der Waals surface area (Å²) >= 11 is 5.81. The molecule has 1 heterocycles. The van der Waals surface area contributed by atoms with Crippen LogP contribution >= 0.6 is 11.6 Å². The van der Waals surface area contributed by atoms with Gasteiger partial charge in [0.25, 0.3) is 0 Å². The molecule has 0 radical (unpaired) electrons. The third-order valence-corrected chi connectivity index (χ3v) is 4.49. The van der Waals surface area contributed by atoms with E-state index in [1.165, 1.54) is 11.1 Å². The molecule has 0 amide bonds. The maximum absolute atomic E-state index is 11.0. The van der Waals surface area contributed by atoms with E-state index in [-0.39, 0.29) is 5.56 Å². The van der Waals surface area contributed by atoms with Crippen LogP contribution in [0.3, 0.4) is 0 Å². The van der Waals surface area contributed by atoms with Crippen molar-refractivity contribution in [3.63, 3.8) is 0 Å². The first kappa shape index (κ1) is 24.6. The Morgan fingerprint density at radius 3 is 2.31 bits per heavy atom. The third-order valence-electron chi connectivity index (χ3n) is 4.09. The molecule has 0 spiro atoms. The second-order valence-corrected chi connectivity index (χ2v) is 7.09. The third kappa shape index (κ3) is 7.85. The van der Waals surface area contributed by atoms with Crippen LogP contribution in [-0.2, 0) is 11.3 Å². The monoisotopic (exact) mass is 419 g/mol. The quantitative estimate of drug-likeness (QED) is 0.626. The van der Waals surface area contributed by atoms with Crippen molar-refractivity contribution in [1.82, 2.24) is 14.9 Å². The van der Waals surface area contributed by atoms with Crippen molar-refractivity contribution in [3.05, 3.63) is 63.9 Å². The number of nitrogens with one attached hydrogen (secondary N) is 1. The van der Waals surface area contributed by atoms with Gasteiger partial charge in [0.05, 0.1) is 17.6 Å². The predicted octanol–water partition coefficient (Wildman–Crippen LogP) is 4.93. The maximum Gasteiger partial charge on any atom is 0.337 e. The summed E-state index contributed by atoms with van der Waals surface area (Å²) in [4.78, 5) is 20.4. The summed E-state index contributed by atoms with van der Waals surface area (Å²) in [6.45, 7) is 7.52. The minimum atomic E-state index is -0.950. The van der Waals surface area contributed by atoms with Crippen molar-refractivity contribution in [1.29, 1.82) is 0 Å². The molecule has 29 heavy (non-hydrogen) atoms. The van der Waals surface area contributed by atoms with Gasteiger partial charge in [0.15, 0.2) is 0 Å². The minimum Gasteiger partial charge on any atom is -0.478 e. The Morgan fingerprint density at radius 1 is 1.21 bits per heavy atom. The average molecular weight is 420 g/mol. The topological polar surface area (TPSA) is 78.4 Å². The molecular weight excluding hydrogens is 390 g/mol. The first-order valence-corrected chi connectivity index (χ1v) is 9.65. The summed E-state index contributed by atoms with van der Waals surface area (Å²) in [6.07, 6.45) is 0. The number of methoxy groups -OCH3 is 1. The normalized spacial score (nSPS) is 10.2. The molecule has 0 aliphatic carbocycles. The number of imidazole rings is 1. The van der Waals surface area contributed by atoms with E-state index in [2.05, 4.69) is 27.7 Å². The Kier molecular flexibility index (Phi) is 10.4. The molecule has 0 unspecified atom stereocenters. The molecule has 0 aliphatic rings. The van der Waals surface area contributed by atoms with Crippen molar-refractivity contribution in [2.75, 3.05) is 27.8 Å². The van der Waals surface area contributed by atoms with Gasteiger partial charge in [-0.05, 0) is 64.2 Å². The molecule has 6 nitrogen and oxygen atoms in total. The molecule has 3 rings (SSSR count). The summed E-state index contributed by atoms with van der Waals surface area (Å²) in [5, 5.41) is 9.87. The van der Waals surface area contributed by atoms with Gasteiger partial charge < -0.3 is 19.7 Å². The fraction of sp³-hybridized carbons (Fsp3) is 0.364. The van der Waals surface area contributed by atoms with Gasteiger partial charge in [0, 0.05) is 18.7 Å². The number of aromatic amines is 1. The molecule has 2 aromatic carbocycles. The average Bonchev–Trinajstić information content (AvgIpc) is 3.08. The number of carboxylic acid groups (broad SMARTS) is 1. The highest BCUT2D eigenvalue weighted by atomic mass is 35.5. The second kappa shape index (κ2) is 12.2. The number of fused-ring (bicyclic) bond motifs is 1. The van der Waals surface area contributed by atoms with Crippen LogP contribution < -0.4 is 0 Å². The number of aryl methyl sites for hydroxylation is 1. The van der Waals surface area contributed by atoms with Gasteiger partial charge in [-0.3, -0.25) is 0 Å². The van der Waals surface area contributed by atoms with E-state index in [9.17, 15) is 4.79 Å². The number of ether oxygens (including phenoxy) is 1. The number of H-pyrrole nitrogens is 1. The van der Waals surface area contributed by atoms with Gasteiger partial charge in [-0.25, -0.2) is 9.78 Å². The van der Waals surface area contributed by atoms with Crippen LogP contribution in [0, 0.1) is 13.8 Å². The van der Waals surface area contributed by atoms with Crippen molar-refractivity contribution in [2.45, 2.75) is 27.3 Å². The van der Waals surface area contributed by atoms with Crippen molar-refractivity contribution >= 4 is 28.6 Å². The highest BCUT2D eigenvalue weighted by Gasteiger charge is 2.12. The van der Waals surface area contributed by atoms with Crippen molar-refractivity contribution in [3.8, 4) is 0 Å². The summed E-state index contributed by atoms with van der Waals surface area (Å²) in [7, 11) is 5.55. The molecule has 1 aromatic heterocycles. The highest BCUT2D eigenvalue weighted by molar-refractivity contribution is 6.31. The fourth-order valence-electron chi connectivity index (χ4n) is 2.35. The van der Waals surface area contributed by atoms with E-state index in [0.717, 1.165) is 23.0 Å². The molecular formula is C22H30ClN3O3. The van der Waals surface area contributed by atoms with E-state index < -0.39 is 5.97 Å². The van der Waals surface area contributed by atoms with Crippen LogP contribution in [0.15, 0.2) is 36.4 Å². The number of carbonyl (C=O) groups is 1. The van der Waals surface area contributed by atoms with Crippen LogP contribution in [0.25, 0.3) is 11.0 Å². The Bertz CT molecular complexity index is 901. The second-order valence-electron chi connectivity index (χ2n) is 6.69. The highest BCUT2D eigenvalue weighted by Crippen LogP contribution is 2.17. The number of benzene rings is 2. The number of halogens is 1. The van der Waals surface area contributed by atoms with E-state index in [1.54, 1.807) is 19.2 Å². The lowest BCUT2D eigenvalue weighted by Gasteiger charge is -2.04. The van der Waals surface area contributed by atoms with Crippen LogP contribution in [0.1, 0.15) is 34.2 Å². The SMILES string of the molecule is CCOC.CN(C)Cc1nc2c(C(=O)O)cccc2[nH]1.Cc1cccc(Cl)c1C. The molecule has 0 saturated heterocycles. The van der Waals surface area contributed by atoms with Gasteiger partial charge in [-0.2, -0.15) is 0 Å². The van der Waals surface area contributed by atoms with E-state index in [1.807, 2.05) is 51.0 Å². The number of hydrogen-bond donors (Lipinski definition) is 2. The van der Waals surface area contributed by atoms with Gasteiger partial charge in [0.2, 0.25) is 0 Å². The van der Waals surface area contributed by atoms with Crippen LogP contribution in [-0.4, -0.2) is 53.8 Å². The Labute approximate surface area is 177 Å². The van der Waals surface area contributed by atoms with E-state index in [0.29, 0.717) is 12.1 Å². The lowest BCUT2D eigenvalue weighted by atomic mass is 10.1. The Balaban J connectivity index is 0.000000272. The van der Waals surface area contributed by atoms with Crippen molar-refractivity contribution < 1.29 is 14.6 Å². The molecule has 0 aliphatic heterocycles. The number of hydrogen-bond acceptors (Lipinski definition) is 4. The lowest BCUT2D eigenvalue weighted by Crippen LogP contribution is -2.11. The van der Waals surface area contributed by atoms with E-state index in [4.69, 9.17) is 16.7 Å². The number of carboxylic acids is 1.